The Morgan fingerprint density at radius 2 is 1.83 bits per heavy atom. The van der Waals surface area contributed by atoms with Gasteiger partial charge in [-0.2, -0.15) is 5.10 Å². The summed E-state index contributed by atoms with van der Waals surface area (Å²) in [5, 5.41) is 8.64. The summed E-state index contributed by atoms with van der Waals surface area (Å²) in [6, 6.07) is 16.0. The number of para-hydroxylation sites is 1. The molecule has 0 radical (unpaired) electrons. The fourth-order valence-electron chi connectivity index (χ4n) is 4.11. The predicted octanol–water partition coefficient (Wildman–Crippen LogP) is 5.25. The van der Waals surface area contributed by atoms with E-state index < -0.39 is 12.0 Å². The number of hydrogen-bond donors (Lipinski definition) is 1. The zero-order valence-electron chi connectivity index (χ0n) is 19.9. The average Bonchev–Trinajstić information content (AvgIpc) is 3.31. The third-order valence-electron chi connectivity index (χ3n) is 5.65. The SMILES string of the molecule is Cc1c(C(=O)N[C@H](CC(=O)OC(C)C)c2ccccc2Cl)c(Cn2cccn2)nc2ccccc12. The highest BCUT2D eigenvalue weighted by molar-refractivity contribution is 6.31. The van der Waals surface area contributed by atoms with Gasteiger partial charge in [-0.05, 0) is 50.1 Å². The molecule has 0 fully saturated rings. The van der Waals surface area contributed by atoms with E-state index in [1.807, 2.05) is 49.5 Å². The van der Waals surface area contributed by atoms with Crippen molar-refractivity contribution in [2.24, 2.45) is 0 Å². The minimum atomic E-state index is -0.675. The van der Waals surface area contributed by atoms with Crippen molar-refractivity contribution < 1.29 is 14.3 Å². The number of carbonyl (C=O) groups is 2. The van der Waals surface area contributed by atoms with Crippen molar-refractivity contribution in [3.8, 4) is 0 Å². The van der Waals surface area contributed by atoms with Crippen LogP contribution in [0.15, 0.2) is 67.0 Å². The zero-order valence-corrected chi connectivity index (χ0v) is 20.6. The maximum atomic E-state index is 13.8. The summed E-state index contributed by atoms with van der Waals surface area (Å²) in [5.74, 6) is -0.763. The minimum absolute atomic E-state index is 0.0534. The van der Waals surface area contributed by atoms with Crippen molar-refractivity contribution >= 4 is 34.4 Å². The number of pyridine rings is 1. The third-order valence-corrected chi connectivity index (χ3v) is 5.99. The van der Waals surface area contributed by atoms with Crippen molar-refractivity contribution in [1.82, 2.24) is 20.1 Å². The Balaban J connectivity index is 1.74. The summed E-state index contributed by atoms with van der Waals surface area (Å²) in [6.45, 7) is 5.80. The van der Waals surface area contributed by atoms with Crippen LogP contribution in [-0.4, -0.2) is 32.7 Å². The van der Waals surface area contributed by atoms with E-state index in [1.54, 1.807) is 42.9 Å². The number of fused-ring (bicyclic) bond motifs is 1. The van der Waals surface area contributed by atoms with E-state index in [4.69, 9.17) is 21.3 Å². The normalized spacial score (nSPS) is 12.0. The Labute approximate surface area is 209 Å². The number of aromatic nitrogens is 3. The Hall–Kier alpha value is -3.71. The molecule has 7 nitrogen and oxygen atoms in total. The lowest BCUT2D eigenvalue weighted by Gasteiger charge is -2.22. The van der Waals surface area contributed by atoms with Gasteiger partial charge in [0.05, 0.1) is 41.9 Å². The number of aryl methyl sites for hydroxylation is 1. The fourth-order valence-corrected chi connectivity index (χ4v) is 4.38. The van der Waals surface area contributed by atoms with Gasteiger partial charge in [-0.3, -0.25) is 14.3 Å². The second-order valence-electron chi connectivity index (χ2n) is 8.57. The molecule has 35 heavy (non-hydrogen) atoms. The van der Waals surface area contributed by atoms with Gasteiger partial charge in [0.25, 0.3) is 5.91 Å². The Bertz CT molecular complexity index is 1350. The summed E-state index contributed by atoms with van der Waals surface area (Å²) in [5.41, 5.74) is 3.28. The van der Waals surface area contributed by atoms with Gasteiger partial charge in [0.2, 0.25) is 0 Å². The topological polar surface area (TPSA) is 86.1 Å². The van der Waals surface area contributed by atoms with Crippen molar-refractivity contribution in [3.63, 3.8) is 0 Å². The fraction of sp³-hybridized carbons (Fsp3) is 0.259. The molecule has 1 atom stereocenters. The van der Waals surface area contributed by atoms with Gasteiger partial charge < -0.3 is 10.1 Å². The van der Waals surface area contributed by atoms with Crippen molar-refractivity contribution in [2.45, 2.75) is 45.9 Å². The molecule has 0 aliphatic rings. The molecule has 180 valence electrons. The van der Waals surface area contributed by atoms with E-state index in [1.165, 1.54) is 0 Å². The van der Waals surface area contributed by atoms with E-state index in [2.05, 4.69) is 10.4 Å². The highest BCUT2D eigenvalue weighted by Crippen LogP contribution is 2.28. The van der Waals surface area contributed by atoms with E-state index in [0.717, 1.165) is 16.5 Å². The lowest BCUT2D eigenvalue weighted by atomic mass is 9.98. The summed E-state index contributed by atoms with van der Waals surface area (Å²) in [4.78, 5) is 31.1. The lowest BCUT2D eigenvalue weighted by Crippen LogP contribution is -2.33. The molecule has 2 aromatic heterocycles. The highest BCUT2D eigenvalue weighted by Gasteiger charge is 2.26. The Kier molecular flexibility index (Phi) is 7.46. The average molecular weight is 491 g/mol. The molecule has 0 bridgehead atoms. The lowest BCUT2D eigenvalue weighted by molar-refractivity contribution is -0.147. The molecule has 0 aliphatic heterocycles. The van der Waals surface area contributed by atoms with Crippen LogP contribution in [0.2, 0.25) is 5.02 Å². The van der Waals surface area contributed by atoms with Crippen LogP contribution < -0.4 is 5.32 Å². The number of amides is 1. The Morgan fingerprint density at radius 1 is 1.09 bits per heavy atom. The van der Waals surface area contributed by atoms with Gasteiger partial charge in [-0.25, -0.2) is 4.98 Å². The molecule has 8 heteroatoms. The van der Waals surface area contributed by atoms with Crippen molar-refractivity contribution in [2.75, 3.05) is 0 Å². The first-order valence-electron chi connectivity index (χ1n) is 11.4. The summed E-state index contributed by atoms with van der Waals surface area (Å²) in [6.07, 6.45) is 3.18. The molecule has 4 aromatic rings. The number of halogens is 1. The molecule has 1 N–H and O–H groups in total. The molecule has 0 unspecified atom stereocenters. The quantitative estimate of drug-likeness (QED) is 0.341. The van der Waals surface area contributed by atoms with Gasteiger partial charge in [0.15, 0.2) is 0 Å². The number of hydrogen-bond acceptors (Lipinski definition) is 5. The van der Waals surface area contributed by atoms with Crippen LogP contribution in [-0.2, 0) is 16.1 Å². The molecule has 0 aliphatic carbocycles. The number of benzene rings is 2. The van der Waals surface area contributed by atoms with Crippen molar-refractivity contribution in [1.29, 1.82) is 0 Å². The van der Waals surface area contributed by atoms with Gasteiger partial charge in [-0.15, -0.1) is 0 Å². The minimum Gasteiger partial charge on any atom is -0.463 e. The van der Waals surface area contributed by atoms with Gasteiger partial charge in [-0.1, -0.05) is 48.0 Å². The van der Waals surface area contributed by atoms with E-state index in [9.17, 15) is 9.59 Å². The first-order chi connectivity index (χ1) is 16.8. The van der Waals surface area contributed by atoms with Crippen LogP contribution in [0.3, 0.4) is 0 Å². The van der Waals surface area contributed by atoms with Crippen LogP contribution in [0, 0.1) is 6.92 Å². The summed E-state index contributed by atoms with van der Waals surface area (Å²) in [7, 11) is 0. The van der Waals surface area contributed by atoms with Crippen LogP contribution in [0.25, 0.3) is 10.9 Å². The van der Waals surface area contributed by atoms with Gasteiger partial charge in [0.1, 0.15) is 0 Å². The number of ether oxygens (including phenoxy) is 1. The molecular weight excluding hydrogens is 464 g/mol. The first-order valence-corrected chi connectivity index (χ1v) is 11.8. The van der Waals surface area contributed by atoms with Gasteiger partial charge in [0, 0.05) is 22.8 Å². The molecule has 2 heterocycles. The second kappa shape index (κ2) is 10.7. The van der Waals surface area contributed by atoms with E-state index in [-0.39, 0.29) is 18.4 Å². The smallest absolute Gasteiger partial charge is 0.308 e. The van der Waals surface area contributed by atoms with Crippen LogP contribution in [0.1, 0.15) is 53.5 Å². The molecule has 0 saturated carbocycles. The number of esters is 1. The number of rotatable bonds is 8. The molecular formula is C27H27ClN4O3. The molecule has 2 aromatic carbocycles. The predicted molar refractivity (Wildman–Crippen MR) is 135 cm³/mol. The van der Waals surface area contributed by atoms with Crippen LogP contribution in [0.5, 0.6) is 0 Å². The number of carbonyl (C=O) groups excluding carboxylic acids is 2. The summed E-state index contributed by atoms with van der Waals surface area (Å²) < 4.78 is 7.07. The monoisotopic (exact) mass is 490 g/mol. The Morgan fingerprint density at radius 3 is 2.54 bits per heavy atom. The standard InChI is InChI=1S/C27H27ClN4O3/c1-17(2)35-25(33)15-23(20-10-4-6-11-21(20)28)31-27(34)26-18(3)19-9-5-7-12-22(19)30-24(26)16-32-14-8-13-29-32/h4-14,17,23H,15-16H2,1-3H3,(H,31,34)/t23-/m1/s1. The van der Waals surface area contributed by atoms with E-state index in [0.29, 0.717) is 28.4 Å². The molecule has 1 amide bonds. The number of nitrogens with zero attached hydrogens (tertiary/aromatic N) is 3. The maximum absolute atomic E-state index is 13.8. The second-order valence-corrected chi connectivity index (χ2v) is 8.98. The largest absolute Gasteiger partial charge is 0.463 e. The van der Waals surface area contributed by atoms with Crippen molar-refractivity contribution in [3.05, 3.63) is 94.4 Å². The highest BCUT2D eigenvalue weighted by atomic mass is 35.5. The third kappa shape index (κ3) is 5.69. The number of nitrogens with one attached hydrogen (secondary N) is 1. The van der Waals surface area contributed by atoms with E-state index >= 15 is 0 Å². The summed E-state index contributed by atoms with van der Waals surface area (Å²) >= 11 is 6.45. The molecule has 4 rings (SSSR count). The zero-order chi connectivity index (χ0) is 24.9. The molecule has 0 spiro atoms. The maximum Gasteiger partial charge on any atom is 0.308 e. The van der Waals surface area contributed by atoms with Crippen LogP contribution in [0.4, 0.5) is 0 Å². The van der Waals surface area contributed by atoms with Gasteiger partial charge >= 0.3 is 5.97 Å². The van der Waals surface area contributed by atoms with Crippen LogP contribution >= 0.6 is 11.6 Å². The first kappa shape index (κ1) is 24.4. The molecule has 0 saturated heterocycles.